The van der Waals surface area contributed by atoms with Crippen LogP contribution in [0.1, 0.15) is 18.1 Å². The molecule has 0 amide bonds. The molecule has 0 aromatic heterocycles. The van der Waals surface area contributed by atoms with E-state index in [-0.39, 0.29) is 5.12 Å². The van der Waals surface area contributed by atoms with Crippen LogP contribution in [-0.4, -0.2) is 28.6 Å². The number of carboxylic acids is 1. The summed E-state index contributed by atoms with van der Waals surface area (Å²) in [5.41, 5.74) is 2.13. The molecule has 2 rings (SSSR count). The van der Waals surface area contributed by atoms with E-state index in [9.17, 15) is 14.7 Å². The van der Waals surface area contributed by atoms with E-state index in [4.69, 9.17) is 4.74 Å². The molecule has 1 aromatic carbocycles. The molecule has 4 nitrogen and oxygen atoms in total. The number of hydrogen-bond acceptors (Lipinski definition) is 4. The fourth-order valence-corrected chi connectivity index (χ4v) is 2.78. The maximum Gasteiger partial charge on any atom is 0.307 e. The summed E-state index contributed by atoms with van der Waals surface area (Å²) in [6, 6.07) is 5.81. The first kappa shape index (κ1) is 13.9. The van der Waals surface area contributed by atoms with Gasteiger partial charge < -0.3 is 9.84 Å². The summed E-state index contributed by atoms with van der Waals surface area (Å²) < 4.78 is 5.42. The molecule has 0 fully saturated rings. The number of carbonyl (C=O) groups excluding carboxylic acids is 1. The highest BCUT2D eigenvalue weighted by molar-refractivity contribution is 8.13. The summed E-state index contributed by atoms with van der Waals surface area (Å²) in [6.07, 6.45) is 1.33. The second-order valence-electron chi connectivity index (χ2n) is 4.58. The number of benzene rings is 1. The molecule has 0 bridgehead atoms. The van der Waals surface area contributed by atoms with Crippen molar-refractivity contribution in [3.05, 3.63) is 29.3 Å². The largest absolute Gasteiger partial charge is 0.493 e. The first-order valence-electron chi connectivity index (χ1n) is 6.17. The van der Waals surface area contributed by atoms with Gasteiger partial charge in [-0.2, -0.15) is 0 Å². The second kappa shape index (κ2) is 6.10. The highest BCUT2D eigenvalue weighted by Crippen LogP contribution is 2.27. The molecule has 1 aliphatic heterocycles. The molecule has 1 heterocycles. The lowest BCUT2D eigenvalue weighted by Crippen LogP contribution is -2.19. The van der Waals surface area contributed by atoms with E-state index in [1.165, 1.54) is 6.92 Å². The van der Waals surface area contributed by atoms with Gasteiger partial charge in [0, 0.05) is 19.1 Å². The molecule has 5 heteroatoms. The Morgan fingerprint density at radius 1 is 1.47 bits per heavy atom. The normalized spacial score (nSPS) is 14.6. The van der Waals surface area contributed by atoms with Gasteiger partial charge in [0.05, 0.1) is 12.5 Å². The van der Waals surface area contributed by atoms with Crippen LogP contribution in [-0.2, 0) is 22.4 Å². The van der Waals surface area contributed by atoms with Gasteiger partial charge in [0.15, 0.2) is 5.12 Å². The molecule has 1 N–H and O–H groups in total. The SMILES string of the molecule is CC(=O)SCC(Cc1ccc2c(c1)CCO2)C(=O)O. The van der Waals surface area contributed by atoms with Crippen LogP contribution in [0, 0.1) is 5.92 Å². The van der Waals surface area contributed by atoms with E-state index in [0.29, 0.717) is 18.8 Å². The van der Waals surface area contributed by atoms with Gasteiger partial charge in [0.25, 0.3) is 0 Å². The quantitative estimate of drug-likeness (QED) is 0.895. The van der Waals surface area contributed by atoms with Gasteiger partial charge >= 0.3 is 5.97 Å². The second-order valence-corrected chi connectivity index (χ2v) is 5.78. The molecule has 19 heavy (non-hydrogen) atoms. The van der Waals surface area contributed by atoms with Gasteiger partial charge in [-0.3, -0.25) is 9.59 Å². The Morgan fingerprint density at radius 3 is 2.95 bits per heavy atom. The van der Waals surface area contributed by atoms with Gasteiger partial charge in [-0.05, 0) is 23.6 Å². The van der Waals surface area contributed by atoms with Gasteiger partial charge in [-0.1, -0.05) is 23.9 Å². The fourth-order valence-electron chi connectivity index (χ4n) is 2.09. The van der Waals surface area contributed by atoms with Gasteiger partial charge in [-0.15, -0.1) is 0 Å². The molecule has 1 unspecified atom stereocenters. The van der Waals surface area contributed by atoms with Crippen LogP contribution in [0.25, 0.3) is 0 Å². The summed E-state index contributed by atoms with van der Waals surface area (Å²) in [5.74, 6) is -0.174. The summed E-state index contributed by atoms with van der Waals surface area (Å²) in [5, 5.41) is 9.14. The number of fused-ring (bicyclic) bond motifs is 1. The topological polar surface area (TPSA) is 63.6 Å². The third-order valence-corrected chi connectivity index (χ3v) is 4.05. The van der Waals surface area contributed by atoms with Crippen LogP contribution in [0.4, 0.5) is 0 Å². The van der Waals surface area contributed by atoms with Gasteiger partial charge in [0.2, 0.25) is 0 Å². The summed E-state index contributed by atoms with van der Waals surface area (Å²) in [6.45, 7) is 2.15. The maximum atomic E-state index is 11.2. The molecular weight excluding hydrogens is 264 g/mol. The number of rotatable bonds is 5. The molecule has 1 aromatic rings. The van der Waals surface area contributed by atoms with Crippen molar-refractivity contribution in [2.24, 2.45) is 5.92 Å². The average molecular weight is 280 g/mol. The molecule has 1 aliphatic rings. The molecule has 1 atom stereocenters. The highest BCUT2D eigenvalue weighted by atomic mass is 32.2. The van der Waals surface area contributed by atoms with E-state index in [2.05, 4.69) is 0 Å². The van der Waals surface area contributed by atoms with Crippen molar-refractivity contribution in [3.8, 4) is 5.75 Å². The zero-order valence-electron chi connectivity index (χ0n) is 10.7. The zero-order chi connectivity index (χ0) is 13.8. The van der Waals surface area contributed by atoms with Gasteiger partial charge in [-0.25, -0.2) is 0 Å². The van der Waals surface area contributed by atoms with Crippen molar-refractivity contribution in [2.45, 2.75) is 19.8 Å². The van der Waals surface area contributed by atoms with Gasteiger partial charge in [0.1, 0.15) is 5.75 Å². The Labute approximate surface area is 116 Å². The molecule has 0 saturated carbocycles. The number of hydrogen-bond donors (Lipinski definition) is 1. The first-order chi connectivity index (χ1) is 9.06. The summed E-state index contributed by atoms with van der Waals surface area (Å²) >= 11 is 1.07. The Morgan fingerprint density at radius 2 is 2.26 bits per heavy atom. The van der Waals surface area contributed by atoms with E-state index in [0.717, 1.165) is 35.1 Å². The molecule has 0 saturated heterocycles. The smallest absolute Gasteiger partial charge is 0.307 e. The lowest BCUT2D eigenvalue weighted by Gasteiger charge is -2.11. The minimum atomic E-state index is -0.856. The third kappa shape index (κ3) is 3.73. The van der Waals surface area contributed by atoms with Crippen LogP contribution in [0.5, 0.6) is 5.75 Å². The predicted octanol–water partition coefficient (Wildman–Crippen LogP) is 2.14. The van der Waals surface area contributed by atoms with Crippen molar-refractivity contribution in [1.29, 1.82) is 0 Å². The van der Waals surface area contributed by atoms with Crippen LogP contribution < -0.4 is 4.74 Å². The number of thioether (sulfide) groups is 1. The standard InChI is InChI=1S/C14H16O4S/c1-9(15)19-8-12(14(16)17)7-10-2-3-13-11(6-10)4-5-18-13/h2-3,6,12H,4-5,7-8H2,1H3,(H,16,17). The number of carboxylic acid groups (broad SMARTS) is 1. The highest BCUT2D eigenvalue weighted by Gasteiger charge is 2.20. The minimum Gasteiger partial charge on any atom is -0.493 e. The average Bonchev–Trinajstić information content (AvgIpc) is 2.81. The van der Waals surface area contributed by atoms with E-state index >= 15 is 0 Å². The number of ether oxygens (including phenoxy) is 1. The van der Waals surface area contributed by atoms with E-state index in [1.807, 2.05) is 18.2 Å². The molecule has 102 valence electrons. The number of carbonyl (C=O) groups is 2. The Bertz CT molecular complexity index is 498. The van der Waals surface area contributed by atoms with Crippen LogP contribution in [0.15, 0.2) is 18.2 Å². The third-order valence-electron chi connectivity index (χ3n) is 3.07. The van der Waals surface area contributed by atoms with Crippen LogP contribution in [0.2, 0.25) is 0 Å². The van der Waals surface area contributed by atoms with Crippen molar-refractivity contribution < 1.29 is 19.4 Å². The first-order valence-corrected chi connectivity index (χ1v) is 7.15. The lowest BCUT2D eigenvalue weighted by molar-refractivity contribution is -0.140. The zero-order valence-corrected chi connectivity index (χ0v) is 11.5. The minimum absolute atomic E-state index is 0.0476. The van der Waals surface area contributed by atoms with Crippen molar-refractivity contribution in [2.75, 3.05) is 12.4 Å². The number of aliphatic carboxylic acids is 1. The van der Waals surface area contributed by atoms with E-state index in [1.54, 1.807) is 0 Å². The molecule has 0 spiro atoms. The van der Waals surface area contributed by atoms with Crippen molar-refractivity contribution in [1.82, 2.24) is 0 Å². The Hall–Kier alpha value is -1.49. The van der Waals surface area contributed by atoms with Crippen molar-refractivity contribution in [3.63, 3.8) is 0 Å². The predicted molar refractivity (Wildman–Crippen MR) is 73.6 cm³/mol. The monoisotopic (exact) mass is 280 g/mol. The van der Waals surface area contributed by atoms with Crippen LogP contribution >= 0.6 is 11.8 Å². The Kier molecular flexibility index (Phi) is 4.47. The summed E-state index contributed by atoms with van der Waals surface area (Å²) in [7, 11) is 0. The van der Waals surface area contributed by atoms with Crippen LogP contribution in [0.3, 0.4) is 0 Å². The summed E-state index contributed by atoms with van der Waals surface area (Å²) in [4.78, 5) is 22.1. The van der Waals surface area contributed by atoms with Crippen molar-refractivity contribution >= 4 is 22.8 Å². The Balaban J connectivity index is 2.04. The maximum absolute atomic E-state index is 11.2. The lowest BCUT2D eigenvalue weighted by atomic mass is 9.99. The molecule has 0 radical (unpaired) electrons. The van der Waals surface area contributed by atoms with E-state index < -0.39 is 11.9 Å². The molecular formula is C14H16O4S. The fraction of sp³-hybridized carbons (Fsp3) is 0.429. The molecule has 0 aliphatic carbocycles.